The van der Waals surface area contributed by atoms with Gasteiger partial charge in [0.25, 0.3) is 0 Å². The summed E-state index contributed by atoms with van der Waals surface area (Å²) in [6, 6.07) is 9.63. The lowest BCUT2D eigenvalue weighted by Gasteiger charge is -2.32. The predicted molar refractivity (Wildman–Crippen MR) is 131 cm³/mol. The summed E-state index contributed by atoms with van der Waals surface area (Å²) in [5.41, 5.74) is 3.86. The number of ether oxygens (including phenoxy) is 1. The molecular weight excluding hydrogens is 410 g/mol. The fraction of sp³-hybridized carbons (Fsp3) is 0.417. The van der Waals surface area contributed by atoms with Crippen molar-refractivity contribution in [3.05, 3.63) is 47.7 Å². The van der Waals surface area contributed by atoms with E-state index in [2.05, 4.69) is 37.1 Å². The van der Waals surface area contributed by atoms with E-state index >= 15 is 0 Å². The number of aromatic hydroxyl groups is 2. The molecule has 1 unspecified atom stereocenters. The van der Waals surface area contributed by atoms with E-state index in [0.29, 0.717) is 18.0 Å². The second-order valence-electron chi connectivity index (χ2n) is 7.93. The predicted octanol–water partition coefficient (Wildman–Crippen LogP) is 4.92. The van der Waals surface area contributed by atoms with E-state index in [-0.39, 0.29) is 17.0 Å². The Balaban J connectivity index is 2.09. The highest BCUT2D eigenvalue weighted by molar-refractivity contribution is 7.81. The van der Waals surface area contributed by atoms with Crippen LogP contribution in [0.4, 0.5) is 11.4 Å². The third-order valence-electron chi connectivity index (χ3n) is 5.56. The van der Waals surface area contributed by atoms with Crippen LogP contribution < -0.4 is 19.9 Å². The van der Waals surface area contributed by atoms with E-state index in [1.54, 1.807) is 7.11 Å². The second kappa shape index (κ2) is 9.64. The van der Waals surface area contributed by atoms with Gasteiger partial charge in [-0.2, -0.15) is 0 Å². The minimum Gasteiger partial charge on any atom is -0.508 e. The maximum atomic E-state index is 10.6. The summed E-state index contributed by atoms with van der Waals surface area (Å²) in [5.74, 6) is 0.946. The van der Waals surface area contributed by atoms with Crippen LogP contribution >= 0.6 is 12.6 Å². The summed E-state index contributed by atoms with van der Waals surface area (Å²) >= 11 is 4.72. The highest BCUT2D eigenvalue weighted by Gasteiger charge is 2.29. The monoisotopic (exact) mass is 443 g/mol. The summed E-state index contributed by atoms with van der Waals surface area (Å²) in [6.07, 6.45) is 3.54. The van der Waals surface area contributed by atoms with Crippen LogP contribution in [-0.2, 0) is 6.42 Å². The van der Waals surface area contributed by atoms with Gasteiger partial charge in [-0.25, -0.2) is 0 Å². The van der Waals surface area contributed by atoms with Gasteiger partial charge in [-0.05, 0) is 56.5 Å². The van der Waals surface area contributed by atoms with E-state index in [9.17, 15) is 10.2 Å². The van der Waals surface area contributed by atoms with Crippen molar-refractivity contribution in [2.45, 2.75) is 52.1 Å². The second-order valence-corrected chi connectivity index (χ2v) is 8.42. The van der Waals surface area contributed by atoms with Gasteiger partial charge in [0.15, 0.2) is 0 Å². The number of phenols is 2. The number of hydrogen-bond acceptors (Lipinski definition) is 7. The Kier molecular flexibility index (Phi) is 7.15. The van der Waals surface area contributed by atoms with Crippen molar-refractivity contribution in [2.75, 3.05) is 23.5 Å². The van der Waals surface area contributed by atoms with E-state index in [1.165, 1.54) is 6.07 Å². The molecule has 0 fully saturated rings. The average Bonchev–Trinajstić information content (AvgIpc) is 3.12. The van der Waals surface area contributed by atoms with Gasteiger partial charge in [0.2, 0.25) is 0 Å². The molecule has 1 heterocycles. The van der Waals surface area contributed by atoms with Crippen LogP contribution in [0.2, 0.25) is 0 Å². The molecule has 3 N–H and O–H groups in total. The first-order chi connectivity index (χ1) is 14.8. The van der Waals surface area contributed by atoms with E-state index in [0.717, 1.165) is 41.4 Å². The molecule has 1 aliphatic rings. The summed E-state index contributed by atoms with van der Waals surface area (Å²) < 4.78 is 5.66. The standard InChI is InChI=1S/C24H33N3O3S/c1-6-10-26(15(3)4)19-12-17(8-9-23(19)30-5)27-20(14-25-24(27)31)18-11-16(7-2)21(28)13-22(18)29/h8-9,11-15,24-25,28-29,31H,6-7,10H2,1-5H3. The number of hydrogen-bond donors (Lipinski definition) is 4. The number of anilines is 2. The van der Waals surface area contributed by atoms with Crippen LogP contribution in [0.5, 0.6) is 17.2 Å². The molecule has 0 aliphatic carbocycles. The summed E-state index contributed by atoms with van der Waals surface area (Å²) in [4.78, 5) is 4.36. The summed E-state index contributed by atoms with van der Waals surface area (Å²) in [5, 5.41) is 23.9. The third-order valence-corrected chi connectivity index (χ3v) is 5.94. The Morgan fingerprint density at radius 3 is 2.52 bits per heavy atom. The summed E-state index contributed by atoms with van der Waals surface area (Å²) in [6.45, 7) is 9.40. The highest BCUT2D eigenvalue weighted by Crippen LogP contribution is 2.42. The molecule has 1 aliphatic heterocycles. The van der Waals surface area contributed by atoms with Crippen molar-refractivity contribution in [2.24, 2.45) is 0 Å². The highest BCUT2D eigenvalue weighted by atomic mass is 32.1. The van der Waals surface area contributed by atoms with E-state index in [4.69, 9.17) is 17.4 Å². The van der Waals surface area contributed by atoms with E-state index in [1.807, 2.05) is 36.2 Å². The zero-order chi connectivity index (χ0) is 22.7. The molecule has 3 rings (SSSR count). The molecule has 0 saturated carbocycles. The molecule has 2 aromatic carbocycles. The molecule has 168 valence electrons. The Bertz CT molecular complexity index is 961. The lowest BCUT2D eigenvalue weighted by Crippen LogP contribution is -2.33. The van der Waals surface area contributed by atoms with E-state index < -0.39 is 0 Å². The van der Waals surface area contributed by atoms with Crippen molar-refractivity contribution >= 4 is 29.7 Å². The molecule has 0 radical (unpaired) electrons. The minimum atomic E-state index is -0.298. The van der Waals surface area contributed by atoms with Crippen LogP contribution in [0.1, 0.15) is 45.2 Å². The van der Waals surface area contributed by atoms with Crippen molar-refractivity contribution in [1.82, 2.24) is 5.32 Å². The molecule has 7 heteroatoms. The molecule has 2 aromatic rings. The third kappa shape index (κ3) is 4.51. The van der Waals surface area contributed by atoms with Gasteiger partial charge >= 0.3 is 0 Å². The Morgan fingerprint density at radius 2 is 1.90 bits per heavy atom. The smallest absolute Gasteiger partial charge is 0.149 e. The lowest BCUT2D eigenvalue weighted by molar-refractivity contribution is 0.413. The first kappa shape index (κ1) is 23.0. The number of thiol groups is 1. The fourth-order valence-electron chi connectivity index (χ4n) is 3.98. The maximum absolute atomic E-state index is 10.6. The number of aryl methyl sites for hydroxylation is 1. The topological polar surface area (TPSA) is 68.2 Å². The van der Waals surface area contributed by atoms with Gasteiger partial charge in [-0.1, -0.05) is 13.8 Å². The van der Waals surface area contributed by atoms with Crippen LogP contribution in [0.25, 0.3) is 5.70 Å². The van der Waals surface area contributed by atoms with Gasteiger partial charge in [0.05, 0.1) is 18.5 Å². The lowest BCUT2D eigenvalue weighted by atomic mass is 10.0. The quantitative estimate of drug-likeness (QED) is 0.435. The first-order valence-electron chi connectivity index (χ1n) is 10.8. The van der Waals surface area contributed by atoms with Crippen LogP contribution in [0.3, 0.4) is 0 Å². The number of phenolic OH excluding ortho intramolecular Hbond substituents is 2. The molecule has 1 atom stereocenters. The number of nitrogens with one attached hydrogen (secondary N) is 1. The molecule has 0 spiro atoms. The van der Waals surface area contributed by atoms with Crippen molar-refractivity contribution < 1.29 is 14.9 Å². The number of methoxy groups -OCH3 is 1. The number of benzene rings is 2. The van der Waals surface area contributed by atoms with Crippen molar-refractivity contribution in [3.8, 4) is 17.2 Å². The van der Waals surface area contributed by atoms with Crippen LogP contribution in [-0.4, -0.2) is 35.4 Å². The van der Waals surface area contributed by atoms with Gasteiger partial charge < -0.3 is 30.1 Å². The van der Waals surface area contributed by atoms with Gasteiger partial charge in [-0.15, -0.1) is 12.6 Å². The number of nitrogens with zero attached hydrogens (tertiary/aromatic N) is 2. The molecule has 31 heavy (non-hydrogen) atoms. The zero-order valence-electron chi connectivity index (χ0n) is 18.9. The first-order valence-corrected chi connectivity index (χ1v) is 11.3. The Labute approximate surface area is 190 Å². The SMILES string of the molecule is CCCN(c1cc(N2C(c3cc(CC)c(O)cc3O)=CNC2S)ccc1OC)C(C)C. The molecule has 0 bridgehead atoms. The molecule has 0 aromatic heterocycles. The van der Waals surface area contributed by atoms with Gasteiger partial charge in [-0.3, -0.25) is 0 Å². The molecular formula is C24H33N3O3S. The normalized spacial score (nSPS) is 15.8. The fourth-order valence-corrected chi connectivity index (χ4v) is 4.31. The average molecular weight is 444 g/mol. The molecule has 6 nitrogen and oxygen atoms in total. The Hall–Kier alpha value is -2.67. The van der Waals surface area contributed by atoms with Crippen molar-refractivity contribution in [3.63, 3.8) is 0 Å². The summed E-state index contributed by atoms with van der Waals surface area (Å²) in [7, 11) is 1.69. The van der Waals surface area contributed by atoms with Crippen molar-refractivity contribution in [1.29, 1.82) is 0 Å². The van der Waals surface area contributed by atoms with Crippen LogP contribution in [0.15, 0.2) is 36.5 Å². The number of rotatable bonds is 8. The Morgan fingerprint density at radius 1 is 1.16 bits per heavy atom. The molecule has 0 saturated heterocycles. The zero-order valence-corrected chi connectivity index (χ0v) is 19.8. The minimum absolute atomic E-state index is 0.0266. The van der Waals surface area contributed by atoms with Gasteiger partial charge in [0, 0.05) is 36.1 Å². The largest absolute Gasteiger partial charge is 0.508 e. The maximum Gasteiger partial charge on any atom is 0.149 e. The van der Waals surface area contributed by atoms with Crippen LogP contribution in [0, 0.1) is 0 Å². The van der Waals surface area contributed by atoms with Gasteiger partial charge in [0.1, 0.15) is 22.7 Å². The molecule has 0 amide bonds.